The number of hydrogen-bond acceptors (Lipinski definition) is 7. The number of aromatic nitrogens is 4. The van der Waals surface area contributed by atoms with Crippen molar-refractivity contribution < 1.29 is 27.9 Å². The Bertz CT molecular complexity index is 1550. The molecule has 3 amide bonds. The van der Waals surface area contributed by atoms with E-state index in [4.69, 9.17) is 0 Å². The molecule has 0 bridgehead atoms. The summed E-state index contributed by atoms with van der Waals surface area (Å²) in [7, 11) is 0. The molecule has 11 nitrogen and oxygen atoms in total. The van der Waals surface area contributed by atoms with E-state index < -0.39 is 23.2 Å². The summed E-state index contributed by atoms with van der Waals surface area (Å²) in [5.74, 6) is 0.245. The Kier molecular flexibility index (Phi) is 7.17. The number of amides is 3. The summed E-state index contributed by atoms with van der Waals surface area (Å²) in [5.41, 5.74) is 0.386. The number of carbonyl (C=O) groups excluding carboxylic acids is 2. The van der Waals surface area contributed by atoms with Gasteiger partial charge >= 0.3 is 12.2 Å². The minimum atomic E-state index is -4.64. The van der Waals surface area contributed by atoms with Crippen molar-refractivity contribution in [2.45, 2.75) is 63.7 Å². The largest absolute Gasteiger partial charge is 0.508 e. The van der Waals surface area contributed by atoms with Gasteiger partial charge in [-0.3, -0.25) is 9.89 Å². The van der Waals surface area contributed by atoms with Gasteiger partial charge in [0.15, 0.2) is 5.69 Å². The number of nitrogens with zero attached hydrogens (tertiary/aromatic N) is 6. The van der Waals surface area contributed by atoms with Crippen LogP contribution in [0.15, 0.2) is 30.6 Å². The highest BCUT2D eigenvalue weighted by molar-refractivity contribution is 5.93. The van der Waals surface area contributed by atoms with E-state index in [1.54, 1.807) is 24.3 Å². The Morgan fingerprint density at radius 3 is 2.65 bits per heavy atom. The van der Waals surface area contributed by atoms with Crippen molar-refractivity contribution in [1.29, 1.82) is 0 Å². The van der Waals surface area contributed by atoms with Gasteiger partial charge in [0.1, 0.15) is 23.6 Å². The van der Waals surface area contributed by atoms with E-state index in [1.807, 2.05) is 23.6 Å². The number of phenolic OH excluding ortho intramolecular Hbond substituents is 1. The average molecular weight is 599 g/mol. The fourth-order valence-corrected chi connectivity index (χ4v) is 6.42. The van der Waals surface area contributed by atoms with Crippen LogP contribution in [0.3, 0.4) is 0 Å². The molecule has 14 heteroatoms. The fraction of sp³-hybridized carbons (Fsp3) is 0.483. The minimum absolute atomic E-state index is 0.00848. The van der Waals surface area contributed by atoms with Crippen molar-refractivity contribution in [2.75, 3.05) is 36.4 Å². The number of benzene rings is 1. The number of alkyl halides is 3. The minimum Gasteiger partial charge on any atom is -0.508 e. The van der Waals surface area contributed by atoms with Crippen LogP contribution in [0.2, 0.25) is 0 Å². The van der Waals surface area contributed by atoms with Crippen LogP contribution in [-0.4, -0.2) is 79.2 Å². The van der Waals surface area contributed by atoms with Gasteiger partial charge < -0.3 is 25.1 Å². The van der Waals surface area contributed by atoms with Crippen molar-refractivity contribution in [2.24, 2.45) is 0 Å². The van der Waals surface area contributed by atoms with E-state index in [0.717, 1.165) is 5.56 Å². The quantitative estimate of drug-likeness (QED) is 0.382. The van der Waals surface area contributed by atoms with Gasteiger partial charge in [0, 0.05) is 60.6 Å². The Morgan fingerprint density at radius 1 is 1.16 bits per heavy atom. The fourth-order valence-electron chi connectivity index (χ4n) is 6.42. The Morgan fingerprint density at radius 2 is 1.93 bits per heavy atom. The number of anilines is 2. The van der Waals surface area contributed by atoms with Crippen molar-refractivity contribution >= 4 is 23.4 Å². The molecule has 3 aliphatic heterocycles. The second-order valence-corrected chi connectivity index (χ2v) is 11.7. The third kappa shape index (κ3) is 5.34. The summed E-state index contributed by atoms with van der Waals surface area (Å²) < 4.78 is 41.1. The molecule has 43 heavy (non-hydrogen) atoms. The third-order valence-electron chi connectivity index (χ3n) is 9.01. The van der Waals surface area contributed by atoms with E-state index in [2.05, 4.69) is 25.5 Å². The molecule has 6 rings (SSSR count). The highest BCUT2D eigenvalue weighted by Gasteiger charge is 2.46. The maximum Gasteiger partial charge on any atom is 0.435 e. The van der Waals surface area contributed by atoms with Crippen molar-refractivity contribution in [3.05, 3.63) is 58.8 Å². The van der Waals surface area contributed by atoms with Gasteiger partial charge in [-0.2, -0.15) is 18.3 Å². The summed E-state index contributed by atoms with van der Waals surface area (Å²) in [6.07, 6.45) is -0.828. The molecule has 0 spiro atoms. The van der Waals surface area contributed by atoms with Gasteiger partial charge in [-0.1, -0.05) is 13.8 Å². The Balaban J connectivity index is 1.14. The number of phenols is 1. The lowest BCUT2D eigenvalue weighted by atomic mass is 9.78. The summed E-state index contributed by atoms with van der Waals surface area (Å²) in [5, 5.41) is 18.9. The van der Waals surface area contributed by atoms with Crippen LogP contribution < -0.4 is 10.2 Å². The molecule has 0 aliphatic carbocycles. The Hall–Kier alpha value is -4.36. The van der Waals surface area contributed by atoms with E-state index in [9.17, 15) is 27.9 Å². The first-order valence-corrected chi connectivity index (χ1v) is 14.4. The SMILES string of the molecule is CCC1(C)CN(C(=O)c2cc(N3CCC(N4CCc5cc(O)ccc5NC4=O)CC3)ncn2)Cc2c(C(F)(F)F)n[nH]c21. The number of piperidine rings is 1. The normalized spacial score (nSPS) is 21.2. The van der Waals surface area contributed by atoms with Gasteiger partial charge in [0.2, 0.25) is 0 Å². The van der Waals surface area contributed by atoms with Crippen LogP contribution >= 0.6 is 0 Å². The second kappa shape index (κ2) is 10.7. The van der Waals surface area contributed by atoms with Crippen molar-refractivity contribution in [1.82, 2.24) is 30.0 Å². The smallest absolute Gasteiger partial charge is 0.435 e. The van der Waals surface area contributed by atoms with Crippen LogP contribution in [0.5, 0.6) is 5.75 Å². The molecular formula is C29H33F3N8O3. The second-order valence-electron chi connectivity index (χ2n) is 11.7. The van der Waals surface area contributed by atoms with Crippen LogP contribution in [-0.2, 0) is 24.6 Å². The number of urea groups is 1. The molecule has 1 saturated heterocycles. The summed E-state index contributed by atoms with van der Waals surface area (Å²) in [6, 6.07) is 6.35. The molecule has 1 fully saturated rings. The van der Waals surface area contributed by atoms with E-state index in [-0.39, 0.29) is 42.2 Å². The molecule has 1 unspecified atom stereocenters. The zero-order chi connectivity index (χ0) is 30.5. The first kappa shape index (κ1) is 28.7. The first-order chi connectivity index (χ1) is 20.5. The van der Waals surface area contributed by atoms with Crippen LogP contribution in [0.25, 0.3) is 0 Å². The zero-order valence-electron chi connectivity index (χ0n) is 23.9. The number of halogens is 3. The molecule has 0 radical (unpaired) electrons. The predicted octanol–water partition coefficient (Wildman–Crippen LogP) is 4.31. The van der Waals surface area contributed by atoms with Crippen molar-refractivity contribution in [3.8, 4) is 5.75 Å². The zero-order valence-corrected chi connectivity index (χ0v) is 23.9. The molecule has 228 valence electrons. The number of aromatic hydroxyl groups is 1. The van der Waals surface area contributed by atoms with Gasteiger partial charge in [0.25, 0.3) is 5.91 Å². The predicted molar refractivity (Wildman–Crippen MR) is 151 cm³/mol. The highest BCUT2D eigenvalue weighted by Crippen LogP contribution is 2.41. The van der Waals surface area contributed by atoms with Crippen LogP contribution in [0.4, 0.5) is 29.5 Å². The summed E-state index contributed by atoms with van der Waals surface area (Å²) >= 11 is 0. The maximum atomic E-state index is 13.7. The highest BCUT2D eigenvalue weighted by atomic mass is 19.4. The molecule has 3 aliphatic rings. The lowest BCUT2D eigenvalue weighted by Crippen LogP contribution is -2.49. The molecule has 3 N–H and O–H groups in total. The lowest BCUT2D eigenvalue weighted by molar-refractivity contribution is -0.142. The lowest BCUT2D eigenvalue weighted by Gasteiger charge is -2.40. The van der Waals surface area contributed by atoms with E-state index in [0.29, 0.717) is 62.5 Å². The number of hydrogen-bond donors (Lipinski definition) is 3. The van der Waals surface area contributed by atoms with Gasteiger partial charge in [-0.25, -0.2) is 14.8 Å². The summed E-state index contributed by atoms with van der Waals surface area (Å²) in [6.45, 7) is 5.42. The third-order valence-corrected chi connectivity index (χ3v) is 9.01. The van der Waals surface area contributed by atoms with Gasteiger partial charge in [-0.15, -0.1) is 0 Å². The molecule has 2 aromatic heterocycles. The Labute approximate surface area is 246 Å². The number of H-pyrrole nitrogens is 1. The van der Waals surface area contributed by atoms with Crippen LogP contribution in [0, 0.1) is 0 Å². The monoisotopic (exact) mass is 598 g/mol. The topological polar surface area (TPSA) is 131 Å². The number of carbonyl (C=O) groups is 2. The van der Waals surface area contributed by atoms with Gasteiger partial charge in [0.05, 0.1) is 6.54 Å². The number of rotatable bonds is 4. The van der Waals surface area contributed by atoms with Crippen molar-refractivity contribution in [3.63, 3.8) is 0 Å². The number of aromatic amines is 1. The van der Waals surface area contributed by atoms with Gasteiger partial charge in [-0.05, 0) is 49.4 Å². The molecule has 0 saturated carbocycles. The molecule has 1 atom stereocenters. The maximum absolute atomic E-state index is 13.7. The van der Waals surface area contributed by atoms with E-state index in [1.165, 1.54) is 11.2 Å². The summed E-state index contributed by atoms with van der Waals surface area (Å²) in [4.78, 5) is 40.4. The first-order valence-electron chi connectivity index (χ1n) is 14.4. The number of fused-ring (bicyclic) bond motifs is 2. The molecular weight excluding hydrogens is 565 g/mol. The standard InChI is InChI=1S/C29H33F3N8O3/c1-3-28(2)15-39(14-20-24(28)36-37-25(20)29(30,31)32)26(42)22-13-23(34-16-33-22)38-9-7-18(8-10-38)40-11-6-17-12-19(41)4-5-21(17)35-27(40)43/h4-5,12-13,16,18,41H,3,6-11,14-15H2,1-2H3,(H,35,43)(H,36,37). The van der Waals surface area contributed by atoms with Crippen LogP contribution in [0.1, 0.15) is 66.1 Å². The molecule has 1 aromatic carbocycles. The molecule has 5 heterocycles. The van der Waals surface area contributed by atoms with E-state index >= 15 is 0 Å². The average Bonchev–Trinajstić information content (AvgIpc) is 3.37. The molecule has 3 aromatic rings. The number of nitrogens with one attached hydrogen (secondary N) is 2.